The topological polar surface area (TPSA) is 94.6 Å². The molecule has 2 saturated heterocycles. The van der Waals surface area contributed by atoms with Gasteiger partial charge in [0.2, 0.25) is 0 Å². The Morgan fingerprint density at radius 1 is 1.04 bits per heavy atom. The van der Waals surface area contributed by atoms with Gasteiger partial charge in [-0.1, -0.05) is 0 Å². The second kappa shape index (κ2) is 5.15. The predicted molar refractivity (Wildman–Crippen MR) is 82.4 cm³/mol. The van der Waals surface area contributed by atoms with Crippen LogP contribution in [0.15, 0.2) is 9.59 Å². The summed E-state index contributed by atoms with van der Waals surface area (Å²) in [5, 5.41) is 9.36. The summed E-state index contributed by atoms with van der Waals surface area (Å²) in [5.74, 6) is 0.335. The Hall–Kier alpha value is -2.76. The number of hydrogen-bond donors (Lipinski definition) is 0. The van der Waals surface area contributed by atoms with Crippen LogP contribution in [0.1, 0.15) is 5.56 Å². The number of rotatable bonds is 1. The number of nitrogens with zero attached hydrogens (tertiary/aromatic N) is 6. The molecule has 2 amide bonds. The van der Waals surface area contributed by atoms with Crippen molar-refractivity contribution in [3.8, 4) is 6.07 Å². The first-order valence-corrected chi connectivity index (χ1v) is 7.33. The molecule has 1 unspecified atom stereocenters. The third-order valence-corrected chi connectivity index (χ3v) is 4.58. The van der Waals surface area contributed by atoms with Crippen molar-refractivity contribution in [2.75, 3.05) is 38.1 Å². The van der Waals surface area contributed by atoms with E-state index in [9.17, 15) is 19.6 Å². The van der Waals surface area contributed by atoms with Gasteiger partial charge in [0.15, 0.2) is 5.56 Å². The Kier molecular flexibility index (Phi) is 3.39. The van der Waals surface area contributed by atoms with Gasteiger partial charge in [-0.15, -0.1) is 0 Å². The fraction of sp³-hybridized carbons (Fsp3) is 0.571. The molecule has 9 heteroatoms. The second-order valence-corrected chi connectivity index (χ2v) is 5.97. The van der Waals surface area contributed by atoms with Crippen molar-refractivity contribution in [3.63, 3.8) is 0 Å². The molecule has 0 spiro atoms. The largest absolute Gasteiger partial charge is 0.353 e. The molecular formula is C14H18N6O3. The van der Waals surface area contributed by atoms with E-state index in [-0.39, 0.29) is 17.6 Å². The molecule has 9 nitrogen and oxygen atoms in total. The van der Waals surface area contributed by atoms with Gasteiger partial charge in [0.05, 0.1) is 6.04 Å². The number of fused-ring (bicyclic) bond motifs is 1. The monoisotopic (exact) mass is 318 g/mol. The smallest absolute Gasteiger partial charge is 0.332 e. The van der Waals surface area contributed by atoms with Crippen LogP contribution in [0.2, 0.25) is 0 Å². The average molecular weight is 318 g/mol. The van der Waals surface area contributed by atoms with Crippen molar-refractivity contribution in [3.05, 3.63) is 26.4 Å². The van der Waals surface area contributed by atoms with Gasteiger partial charge >= 0.3 is 11.7 Å². The van der Waals surface area contributed by atoms with Gasteiger partial charge in [-0.3, -0.25) is 13.9 Å². The lowest BCUT2D eigenvalue weighted by Crippen LogP contribution is -2.54. The maximum Gasteiger partial charge on any atom is 0.332 e. The molecule has 1 atom stereocenters. The number of hydrogen-bond acceptors (Lipinski definition) is 5. The second-order valence-electron chi connectivity index (χ2n) is 5.97. The van der Waals surface area contributed by atoms with E-state index in [1.807, 2.05) is 11.0 Å². The van der Waals surface area contributed by atoms with Crippen molar-refractivity contribution in [1.29, 1.82) is 5.26 Å². The molecule has 0 aliphatic carbocycles. The van der Waals surface area contributed by atoms with Crippen molar-refractivity contribution in [1.82, 2.24) is 18.9 Å². The highest BCUT2D eigenvalue weighted by molar-refractivity contribution is 5.77. The van der Waals surface area contributed by atoms with Crippen LogP contribution in [-0.2, 0) is 14.1 Å². The van der Waals surface area contributed by atoms with Crippen LogP contribution in [-0.4, -0.2) is 64.2 Å². The minimum atomic E-state index is -0.590. The van der Waals surface area contributed by atoms with Gasteiger partial charge in [0, 0.05) is 47.3 Å². The minimum absolute atomic E-state index is 0.00646. The van der Waals surface area contributed by atoms with E-state index in [1.54, 1.807) is 23.9 Å². The van der Waals surface area contributed by atoms with Crippen molar-refractivity contribution >= 4 is 11.8 Å². The summed E-state index contributed by atoms with van der Waals surface area (Å²) in [4.78, 5) is 41.7. The van der Waals surface area contributed by atoms with Crippen molar-refractivity contribution < 1.29 is 4.79 Å². The van der Waals surface area contributed by atoms with Gasteiger partial charge in [-0.25, -0.2) is 9.59 Å². The zero-order valence-corrected chi connectivity index (χ0v) is 13.3. The quantitative estimate of drug-likeness (QED) is 0.629. The van der Waals surface area contributed by atoms with Crippen LogP contribution in [0.5, 0.6) is 0 Å². The Morgan fingerprint density at radius 3 is 2.39 bits per heavy atom. The average Bonchev–Trinajstić information content (AvgIpc) is 2.82. The number of carbonyl (C=O) groups excluding carboxylic acids is 1. The van der Waals surface area contributed by atoms with E-state index in [4.69, 9.17) is 0 Å². The lowest BCUT2D eigenvalue weighted by atomic mass is 10.1. The number of aromatic nitrogens is 2. The number of amides is 2. The molecule has 1 aromatic heterocycles. The predicted octanol–water partition coefficient (Wildman–Crippen LogP) is -1.49. The zero-order valence-electron chi connectivity index (χ0n) is 13.3. The molecule has 23 heavy (non-hydrogen) atoms. The highest BCUT2D eigenvalue weighted by atomic mass is 16.2. The maximum absolute atomic E-state index is 12.2. The first-order chi connectivity index (χ1) is 10.9. The maximum atomic E-state index is 12.2. The highest BCUT2D eigenvalue weighted by Gasteiger charge is 2.40. The fourth-order valence-electron chi connectivity index (χ4n) is 3.37. The summed E-state index contributed by atoms with van der Waals surface area (Å²) in [7, 11) is 4.66. The van der Waals surface area contributed by atoms with Crippen LogP contribution in [0, 0.1) is 11.3 Å². The number of nitriles is 1. The van der Waals surface area contributed by atoms with Gasteiger partial charge in [0.25, 0.3) is 5.56 Å². The summed E-state index contributed by atoms with van der Waals surface area (Å²) in [5.41, 5.74) is -1.10. The lowest BCUT2D eigenvalue weighted by molar-refractivity contribution is 0.187. The molecule has 3 heterocycles. The number of likely N-dealkylation sites (N-methyl/N-ethyl adjacent to an activating group) is 1. The minimum Gasteiger partial charge on any atom is -0.353 e. The fourth-order valence-corrected chi connectivity index (χ4v) is 3.37. The van der Waals surface area contributed by atoms with E-state index in [2.05, 4.69) is 0 Å². The van der Waals surface area contributed by atoms with Crippen LogP contribution >= 0.6 is 0 Å². The standard InChI is InChI=1S/C14H18N6O3/c1-16-7-9-8-19(4-5-20(9)13(16)22)11-10(6-15)12(21)18(3)14(23)17(11)2/h9H,4-5,7-8H2,1-3H3. The van der Waals surface area contributed by atoms with Gasteiger partial charge in [-0.05, 0) is 0 Å². The van der Waals surface area contributed by atoms with Crippen LogP contribution in [0.3, 0.4) is 0 Å². The van der Waals surface area contributed by atoms with E-state index >= 15 is 0 Å². The molecule has 0 saturated carbocycles. The molecule has 0 aromatic carbocycles. The molecule has 1 aromatic rings. The molecule has 0 N–H and O–H groups in total. The molecule has 0 bridgehead atoms. The summed E-state index contributed by atoms with van der Waals surface area (Å²) >= 11 is 0. The molecule has 122 valence electrons. The van der Waals surface area contributed by atoms with E-state index in [0.717, 1.165) is 4.57 Å². The number of piperazine rings is 1. The van der Waals surface area contributed by atoms with Gasteiger partial charge in [-0.2, -0.15) is 5.26 Å². The van der Waals surface area contributed by atoms with Gasteiger partial charge < -0.3 is 14.7 Å². The number of urea groups is 1. The van der Waals surface area contributed by atoms with Crippen LogP contribution in [0.25, 0.3) is 0 Å². The SMILES string of the molecule is CN1CC2CN(c3c(C#N)c(=O)n(C)c(=O)n3C)CCN2C1=O. The number of anilines is 1. The zero-order chi connectivity index (χ0) is 16.9. The highest BCUT2D eigenvalue weighted by Crippen LogP contribution is 2.24. The summed E-state index contributed by atoms with van der Waals surface area (Å²) in [6.07, 6.45) is 0. The number of carbonyl (C=O) groups is 1. The normalized spacial score (nSPS) is 20.7. The summed E-state index contributed by atoms with van der Waals surface area (Å²) in [6.45, 7) is 2.06. The molecule has 2 aliphatic rings. The summed E-state index contributed by atoms with van der Waals surface area (Å²) < 4.78 is 2.27. The molecule has 0 radical (unpaired) electrons. The Balaban J connectivity index is 2.04. The third kappa shape index (κ3) is 2.10. The Bertz CT molecular complexity index is 833. The molecule has 3 rings (SSSR count). The Morgan fingerprint density at radius 2 is 1.74 bits per heavy atom. The summed E-state index contributed by atoms with van der Waals surface area (Å²) in [6, 6.07) is 1.91. The van der Waals surface area contributed by atoms with E-state index in [0.29, 0.717) is 32.0 Å². The molecule has 2 fully saturated rings. The lowest BCUT2D eigenvalue weighted by Gasteiger charge is -2.38. The van der Waals surface area contributed by atoms with E-state index < -0.39 is 11.2 Å². The van der Waals surface area contributed by atoms with Gasteiger partial charge in [0.1, 0.15) is 11.9 Å². The first kappa shape index (κ1) is 15.1. The third-order valence-electron chi connectivity index (χ3n) is 4.58. The molecule has 2 aliphatic heterocycles. The first-order valence-electron chi connectivity index (χ1n) is 7.33. The van der Waals surface area contributed by atoms with Crippen molar-refractivity contribution in [2.24, 2.45) is 14.1 Å². The molecular weight excluding hydrogens is 300 g/mol. The Labute approximate surface area is 132 Å². The van der Waals surface area contributed by atoms with Crippen LogP contribution in [0.4, 0.5) is 10.6 Å². The van der Waals surface area contributed by atoms with Crippen LogP contribution < -0.4 is 16.1 Å². The van der Waals surface area contributed by atoms with E-state index in [1.165, 1.54) is 11.6 Å². The van der Waals surface area contributed by atoms with Crippen molar-refractivity contribution in [2.45, 2.75) is 6.04 Å².